The van der Waals surface area contributed by atoms with Crippen molar-refractivity contribution in [1.82, 2.24) is 0 Å². The van der Waals surface area contributed by atoms with Gasteiger partial charge in [-0.2, -0.15) is 0 Å². The molecule has 0 aromatic carbocycles. The Bertz CT molecular complexity index is 1690. The SMILES string of the molecule is CC/C=C\C/C=C\C/C=C\C/C=C\C/C=C\C/C=C\C/C=C\CCCCCCCCCCCCCCCCCC(=O)OC(COC(=O)CCCCCCCCCCCCCCCCCCCCCCCCCC)COC(OCC[N+](C)(C)C)C(=O)[O-]. The molecule has 0 saturated heterocycles. The van der Waals surface area contributed by atoms with Gasteiger partial charge in [-0.05, 0) is 70.6 Å². The van der Waals surface area contributed by atoms with Crippen LogP contribution in [0.4, 0.5) is 0 Å². The zero-order chi connectivity index (χ0) is 62.6. The van der Waals surface area contributed by atoms with Gasteiger partial charge < -0.3 is 33.3 Å². The van der Waals surface area contributed by atoms with Gasteiger partial charge in [0.25, 0.3) is 0 Å². The molecule has 0 heterocycles. The van der Waals surface area contributed by atoms with E-state index in [1.807, 2.05) is 21.1 Å². The van der Waals surface area contributed by atoms with E-state index < -0.39 is 24.3 Å². The van der Waals surface area contributed by atoms with Gasteiger partial charge in [0.1, 0.15) is 13.2 Å². The molecule has 0 aliphatic heterocycles. The number of hydrogen-bond acceptors (Lipinski definition) is 8. The molecule has 86 heavy (non-hydrogen) atoms. The lowest BCUT2D eigenvalue weighted by atomic mass is 10.0. The summed E-state index contributed by atoms with van der Waals surface area (Å²) in [6, 6.07) is 0. The van der Waals surface area contributed by atoms with Crippen LogP contribution >= 0.6 is 0 Å². The van der Waals surface area contributed by atoms with Crippen LogP contribution in [0.1, 0.15) is 328 Å². The molecule has 0 rings (SSSR count). The van der Waals surface area contributed by atoms with E-state index in [0.29, 0.717) is 23.9 Å². The van der Waals surface area contributed by atoms with Crippen LogP contribution in [0.25, 0.3) is 0 Å². The molecule has 0 amide bonds. The number of carbonyl (C=O) groups is 3. The first-order valence-electron chi connectivity index (χ1n) is 36.2. The number of carbonyl (C=O) groups excluding carboxylic acids is 3. The van der Waals surface area contributed by atoms with Crippen LogP contribution in [-0.2, 0) is 33.3 Å². The Morgan fingerprint density at radius 2 is 0.663 bits per heavy atom. The van der Waals surface area contributed by atoms with E-state index in [4.69, 9.17) is 18.9 Å². The number of nitrogens with zero attached hydrogens (tertiary/aromatic N) is 1. The summed E-state index contributed by atoms with van der Waals surface area (Å²) in [7, 11) is 5.94. The van der Waals surface area contributed by atoms with Crippen molar-refractivity contribution in [1.29, 1.82) is 0 Å². The van der Waals surface area contributed by atoms with Gasteiger partial charge in [0.05, 0.1) is 40.3 Å². The quantitative estimate of drug-likeness (QED) is 0.0195. The number of likely N-dealkylation sites (N-methyl/N-ethyl adjacent to an activating group) is 1. The minimum absolute atomic E-state index is 0.148. The van der Waals surface area contributed by atoms with E-state index in [1.165, 1.54) is 212 Å². The molecule has 0 N–H and O–H groups in total. The number of esters is 2. The van der Waals surface area contributed by atoms with Gasteiger partial charge in [-0.15, -0.1) is 0 Å². The topological polar surface area (TPSA) is 111 Å². The number of carboxylic acid groups (broad SMARTS) is 1. The Kier molecular flexibility index (Phi) is 64.6. The van der Waals surface area contributed by atoms with Gasteiger partial charge in [-0.25, -0.2) is 0 Å². The third-order valence-corrected chi connectivity index (χ3v) is 15.9. The Labute approximate surface area is 531 Å². The van der Waals surface area contributed by atoms with Gasteiger partial charge in [-0.3, -0.25) is 9.59 Å². The maximum Gasteiger partial charge on any atom is 0.306 e. The average molecular weight is 1200 g/mol. The summed E-state index contributed by atoms with van der Waals surface area (Å²) in [5.74, 6) is -2.26. The lowest BCUT2D eigenvalue weighted by molar-refractivity contribution is -0.870. The second-order valence-corrected chi connectivity index (χ2v) is 25.5. The Morgan fingerprint density at radius 3 is 0.988 bits per heavy atom. The van der Waals surface area contributed by atoms with Gasteiger partial charge in [0.2, 0.25) is 0 Å². The van der Waals surface area contributed by atoms with E-state index in [0.717, 1.165) is 83.5 Å². The van der Waals surface area contributed by atoms with Crippen molar-refractivity contribution >= 4 is 17.9 Å². The fraction of sp³-hybridized carbons (Fsp3) is 0.779. The van der Waals surface area contributed by atoms with Crippen molar-refractivity contribution in [2.75, 3.05) is 47.5 Å². The third-order valence-electron chi connectivity index (χ3n) is 15.9. The van der Waals surface area contributed by atoms with Crippen LogP contribution in [0.2, 0.25) is 0 Å². The van der Waals surface area contributed by atoms with Crippen molar-refractivity contribution < 1.29 is 42.9 Å². The molecule has 0 radical (unpaired) electrons. The lowest BCUT2D eigenvalue weighted by Crippen LogP contribution is -2.44. The molecule has 498 valence electrons. The smallest absolute Gasteiger partial charge is 0.306 e. The van der Waals surface area contributed by atoms with E-state index in [-0.39, 0.29) is 32.2 Å². The minimum Gasteiger partial charge on any atom is -0.545 e. The molecular weight excluding hydrogens is 1070 g/mol. The number of quaternary nitrogens is 1. The predicted molar refractivity (Wildman–Crippen MR) is 366 cm³/mol. The Hall–Kier alpha value is -3.53. The summed E-state index contributed by atoms with van der Waals surface area (Å²) in [4.78, 5) is 37.5. The highest BCUT2D eigenvalue weighted by atomic mass is 16.7. The first-order valence-corrected chi connectivity index (χ1v) is 36.2. The highest BCUT2D eigenvalue weighted by Crippen LogP contribution is 2.18. The van der Waals surface area contributed by atoms with Crippen LogP contribution in [0, 0.1) is 0 Å². The molecule has 0 fully saturated rings. The zero-order valence-electron chi connectivity index (χ0n) is 56.9. The Balaban J connectivity index is 4.07. The highest BCUT2D eigenvalue weighted by molar-refractivity contribution is 5.70. The van der Waals surface area contributed by atoms with Crippen molar-refractivity contribution in [2.24, 2.45) is 0 Å². The summed E-state index contributed by atoms with van der Waals surface area (Å²) >= 11 is 0. The number of rotatable bonds is 67. The molecule has 0 bridgehead atoms. The number of carboxylic acids is 1. The molecule has 0 aliphatic rings. The lowest BCUT2D eigenvalue weighted by Gasteiger charge is -2.26. The maximum atomic E-state index is 12.9. The molecular formula is C77H137NO8. The zero-order valence-corrected chi connectivity index (χ0v) is 56.9. The van der Waals surface area contributed by atoms with E-state index >= 15 is 0 Å². The summed E-state index contributed by atoms with van der Waals surface area (Å²) < 4.78 is 22.8. The third kappa shape index (κ3) is 68.0. The van der Waals surface area contributed by atoms with E-state index in [2.05, 4.69) is 98.9 Å². The monoisotopic (exact) mass is 1200 g/mol. The highest BCUT2D eigenvalue weighted by Gasteiger charge is 2.22. The fourth-order valence-corrected chi connectivity index (χ4v) is 10.4. The molecule has 2 unspecified atom stereocenters. The molecule has 0 aromatic heterocycles. The first-order chi connectivity index (χ1) is 42.1. The number of unbranched alkanes of at least 4 members (excludes halogenated alkanes) is 38. The van der Waals surface area contributed by atoms with Crippen LogP contribution in [-0.4, -0.2) is 82.3 Å². The summed E-state index contributed by atoms with van der Waals surface area (Å²) in [6.07, 6.45) is 88.1. The van der Waals surface area contributed by atoms with Crippen LogP contribution < -0.4 is 5.11 Å². The number of aliphatic carboxylic acids is 1. The van der Waals surface area contributed by atoms with Crippen LogP contribution in [0.5, 0.6) is 0 Å². The predicted octanol–water partition coefficient (Wildman–Crippen LogP) is 21.3. The van der Waals surface area contributed by atoms with Gasteiger partial charge in [0, 0.05) is 12.8 Å². The van der Waals surface area contributed by atoms with E-state index in [1.54, 1.807) is 0 Å². The second-order valence-electron chi connectivity index (χ2n) is 25.5. The largest absolute Gasteiger partial charge is 0.545 e. The molecule has 0 aromatic rings. The first kappa shape index (κ1) is 82.5. The molecule has 0 spiro atoms. The number of hydrogen-bond donors (Lipinski definition) is 0. The van der Waals surface area contributed by atoms with Gasteiger partial charge in [0.15, 0.2) is 12.4 Å². The van der Waals surface area contributed by atoms with Crippen molar-refractivity contribution in [3.63, 3.8) is 0 Å². The van der Waals surface area contributed by atoms with Gasteiger partial charge in [-0.1, -0.05) is 330 Å². The Morgan fingerprint density at radius 1 is 0.360 bits per heavy atom. The van der Waals surface area contributed by atoms with Crippen LogP contribution in [0.15, 0.2) is 85.1 Å². The summed E-state index contributed by atoms with van der Waals surface area (Å²) in [5, 5.41) is 11.8. The van der Waals surface area contributed by atoms with E-state index in [9.17, 15) is 19.5 Å². The average Bonchev–Trinajstić information content (AvgIpc) is 3.64. The number of ether oxygens (including phenoxy) is 4. The molecule has 9 heteroatoms. The van der Waals surface area contributed by atoms with Gasteiger partial charge >= 0.3 is 11.9 Å². The molecule has 9 nitrogen and oxygen atoms in total. The molecule has 0 saturated carbocycles. The number of allylic oxidation sites excluding steroid dienone is 14. The molecule has 2 atom stereocenters. The van der Waals surface area contributed by atoms with Crippen molar-refractivity contribution in [2.45, 2.75) is 341 Å². The van der Waals surface area contributed by atoms with Crippen LogP contribution in [0.3, 0.4) is 0 Å². The normalized spacial score (nSPS) is 13.2. The standard InChI is InChI=1S/C77H137NO8/c1-6-8-10-12-14-16-18-20-22-24-26-28-30-32-33-34-35-36-37-38-39-40-41-42-43-44-46-48-50-52-54-56-58-60-62-64-66-68-75(80)86-73(72-85-77(76(81)82)83-70-69-78(3,4)5)71-84-74(79)67-65-63-61-59-57-55-53-51-49-47-45-31-29-27-25-23-21-19-17-15-13-11-9-7-2/h8,10,14,16,20,22,26,28,32-33,35-36,38-39,73,77H,6-7,9,11-13,15,17-19,21,23-25,27,29-31,34,37,40-72H2,1-5H3/b10-8-,16-14-,22-20-,28-26-,33-32-,36-35-,39-38-. The van der Waals surface area contributed by atoms with Crippen molar-refractivity contribution in [3.8, 4) is 0 Å². The fourth-order valence-electron chi connectivity index (χ4n) is 10.4. The molecule has 0 aliphatic carbocycles. The maximum absolute atomic E-state index is 12.9. The second kappa shape index (κ2) is 67.4. The summed E-state index contributed by atoms with van der Waals surface area (Å²) in [6.45, 7) is 4.68. The van der Waals surface area contributed by atoms with Crippen molar-refractivity contribution in [3.05, 3.63) is 85.1 Å². The summed E-state index contributed by atoms with van der Waals surface area (Å²) in [5.41, 5.74) is 0. The minimum atomic E-state index is -1.62.